The Bertz CT molecular complexity index is 3800. The van der Waals surface area contributed by atoms with Crippen molar-refractivity contribution in [2.45, 2.75) is 0 Å². The third kappa shape index (κ3) is 4.88. The Labute approximate surface area is 346 Å². The van der Waals surface area contributed by atoms with Gasteiger partial charge in [0.15, 0.2) is 0 Å². The van der Waals surface area contributed by atoms with Crippen molar-refractivity contribution in [1.82, 2.24) is 0 Å². The molecule has 13 aromatic rings. The molecular weight excluding hydrogens is 727 g/mol. The molecule has 0 fully saturated rings. The minimum atomic E-state index is 0.868. The van der Waals surface area contributed by atoms with Crippen LogP contribution < -0.4 is 4.90 Å². The summed E-state index contributed by atoms with van der Waals surface area (Å²) in [5.74, 6) is 0. The van der Waals surface area contributed by atoms with Gasteiger partial charge in [0.1, 0.15) is 11.2 Å². The maximum atomic E-state index is 6.51. The highest BCUT2D eigenvalue weighted by Gasteiger charge is 2.22. The maximum Gasteiger partial charge on any atom is 0.137 e. The summed E-state index contributed by atoms with van der Waals surface area (Å²) in [6.07, 6.45) is 0. The van der Waals surface area contributed by atoms with E-state index in [1.54, 1.807) is 0 Å². The van der Waals surface area contributed by atoms with E-state index in [1.807, 2.05) is 6.07 Å². The predicted molar refractivity (Wildman–Crippen MR) is 255 cm³/mol. The van der Waals surface area contributed by atoms with Crippen molar-refractivity contribution in [2.24, 2.45) is 0 Å². The Morgan fingerprint density at radius 1 is 0.267 bits per heavy atom. The quantitative estimate of drug-likeness (QED) is 0.162. The van der Waals surface area contributed by atoms with Gasteiger partial charge in [0.2, 0.25) is 0 Å². The number of furan rings is 1. The lowest BCUT2D eigenvalue weighted by molar-refractivity contribution is 0.669. The smallest absolute Gasteiger partial charge is 0.137 e. The van der Waals surface area contributed by atoms with Gasteiger partial charge in [-0.3, -0.25) is 0 Å². The number of rotatable bonds is 5. The summed E-state index contributed by atoms with van der Waals surface area (Å²) in [7, 11) is 0. The molecule has 0 aliphatic heterocycles. The molecular formula is C58H35NO. The highest BCUT2D eigenvalue weighted by atomic mass is 16.3. The Kier molecular flexibility index (Phi) is 7.05. The lowest BCUT2D eigenvalue weighted by Gasteiger charge is -2.27. The molecule has 0 spiro atoms. The van der Waals surface area contributed by atoms with Crippen LogP contribution >= 0.6 is 0 Å². The molecule has 0 amide bonds. The first-order valence-corrected chi connectivity index (χ1v) is 20.7. The van der Waals surface area contributed by atoms with Gasteiger partial charge >= 0.3 is 0 Å². The molecule has 0 aliphatic rings. The third-order valence-electron chi connectivity index (χ3n) is 12.7. The SMILES string of the molecule is c1ccc(-c2ccc(-c3ccc(N(c4cc5ccc6cccc7c8cccc9ccc%10cccc(c(c4)c5c67)c%10c98)c4cccc5oc6ccccc6c45)cc3)cc2)cc1. The fraction of sp³-hybridized carbons (Fsp3) is 0. The van der Waals surface area contributed by atoms with E-state index in [2.05, 4.69) is 211 Å². The predicted octanol–water partition coefficient (Wildman–Crippen LogP) is 16.7. The van der Waals surface area contributed by atoms with Crippen molar-refractivity contribution in [3.63, 3.8) is 0 Å². The molecule has 0 radical (unpaired) electrons. The Balaban J connectivity index is 1.10. The lowest BCUT2D eigenvalue weighted by Crippen LogP contribution is -2.10. The normalized spacial score (nSPS) is 12.0. The fourth-order valence-electron chi connectivity index (χ4n) is 10.1. The van der Waals surface area contributed by atoms with E-state index in [4.69, 9.17) is 4.42 Å². The van der Waals surface area contributed by atoms with Crippen molar-refractivity contribution in [3.8, 4) is 22.3 Å². The van der Waals surface area contributed by atoms with Crippen LogP contribution in [0.1, 0.15) is 0 Å². The largest absolute Gasteiger partial charge is 0.456 e. The van der Waals surface area contributed by atoms with Gasteiger partial charge in [-0.25, -0.2) is 0 Å². The number of hydrogen-bond acceptors (Lipinski definition) is 2. The molecule has 0 unspecified atom stereocenters. The van der Waals surface area contributed by atoms with Crippen LogP contribution in [0.15, 0.2) is 217 Å². The zero-order valence-corrected chi connectivity index (χ0v) is 32.6. The van der Waals surface area contributed by atoms with Crippen LogP contribution in [0.25, 0.3) is 109 Å². The summed E-state index contributed by atoms with van der Waals surface area (Å²) in [6.45, 7) is 0. The van der Waals surface area contributed by atoms with E-state index in [1.165, 1.54) is 86.9 Å². The molecule has 1 aromatic heterocycles. The van der Waals surface area contributed by atoms with Gasteiger partial charge in [-0.2, -0.15) is 0 Å². The second kappa shape index (κ2) is 12.8. The van der Waals surface area contributed by atoms with E-state index in [9.17, 15) is 0 Å². The fourth-order valence-corrected chi connectivity index (χ4v) is 10.1. The second-order valence-electron chi connectivity index (χ2n) is 16.0. The van der Waals surface area contributed by atoms with Gasteiger partial charge in [0, 0.05) is 16.8 Å². The van der Waals surface area contributed by atoms with E-state index in [0.717, 1.165) is 39.0 Å². The van der Waals surface area contributed by atoms with Crippen LogP contribution in [0, 0.1) is 0 Å². The van der Waals surface area contributed by atoms with Crippen molar-refractivity contribution >= 4 is 104 Å². The summed E-state index contributed by atoms with van der Waals surface area (Å²) in [5, 5.41) is 17.4. The van der Waals surface area contributed by atoms with Crippen LogP contribution in [0.5, 0.6) is 0 Å². The summed E-state index contributed by atoms with van der Waals surface area (Å²) in [5.41, 5.74) is 9.77. The number of para-hydroxylation sites is 1. The van der Waals surface area contributed by atoms with Crippen molar-refractivity contribution in [3.05, 3.63) is 212 Å². The van der Waals surface area contributed by atoms with Crippen molar-refractivity contribution in [2.75, 3.05) is 4.90 Å². The summed E-state index contributed by atoms with van der Waals surface area (Å²) < 4.78 is 6.51. The monoisotopic (exact) mass is 761 g/mol. The van der Waals surface area contributed by atoms with E-state index < -0.39 is 0 Å². The van der Waals surface area contributed by atoms with Gasteiger partial charge in [-0.15, -0.1) is 0 Å². The summed E-state index contributed by atoms with van der Waals surface area (Å²) in [6, 6.07) is 77.7. The van der Waals surface area contributed by atoms with Gasteiger partial charge in [-0.1, -0.05) is 170 Å². The molecule has 2 nitrogen and oxygen atoms in total. The van der Waals surface area contributed by atoms with Crippen LogP contribution in [-0.2, 0) is 0 Å². The zero-order valence-electron chi connectivity index (χ0n) is 32.6. The molecule has 0 atom stereocenters. The number of anilines is 3. The molecule has 278 valence electrons. The molecule has 0 saturated carbocycles. The summed E-state index contributed by atoms with van der Waals surface area (Å²) in [4.78, 5) is 2.44. The minimum absolute atomic E-state index is 0.868. The van der Waals surface area contributed by atoms with Crippen molar-refractivity contribution in [1.29, 1.82) is 0 Å². The maximum absolute atomic E-state index is 6.51. The van der Waals surface area contributed by atoms with Crippen LogP contribution in [0.3, 0.4) is 0 Å². The topological polar surface area (TPSA) is 16.4 Å². The molecule has 1 heterocycles. The number of nitrogens with zero attached hydrogens (tertiary/aromatic N) is 1. The highest BCUT2D eigenvalue weighted by molar-refractivity contribution is 6.37. The van der Waals surface area contributed by atoms with Crippen LogP contribution in [-0.4, -0.2) is 0 Å². The standard InChI is InChI=1S/C58H35NO/c1-2-10-36(11-3-1)37-22-24-38(25-23-37)39-30-32-44(33-31-39)59(51-19-9-21-53-58(51)49-15-4-5-20-52(49)60-53)45-34-43-29-28-42-13-7-17-47-46-16-6-12-40-26-27-41-14-8-18-48(56(41)54(40)46)50(35-45)57(43)55(42)47/h1-35H. The van der Waals surface area contributed by atoms with Crippen LogP contribution in [0.4, 0.5) is 17.1 Å². The lowest BCUT2D eigenvalue weighted by atomic mass is 9.87. The van der Waals surface area contributed by atoms with E-state index in [0.29, 0.717) is 0 Å². The molecule has 2 heteroatoms. The first-order chi connectivity index (χ1) is 29.7. The molecule has 60 heavy (non-hydrogen) atoms. The van der Waals surface area contributed by atoms with Crippen LogP contribution in [0.2, 0.25) is 0 Å². The van der Waals surface area contributed by atoms with Gasteiger partial charge in [-0.05, 0) is 129 Å². The Morgan fingerprint density at radius 3 is 1.37 bits per heavy atom. The molecule has 0 N–H and O–H groups in total. The van der Waals surface area contributed by atoms with E-state index in [-0.39, 0.29) is 0 Å². The first kappa shape index (κ1) is 33.1. The highest BCUT2D eigenvalue weighted by Crippen LogP contribution is 2.48. The van der Waals surface area contributed by atoms with Gasteiger partial charge < -0.3 is 9.32 Å². The molecule has 13 rings (SSSR count). The summed E-state index contributed by atoms with van der Waals surface area (Å²) >= 11 is 0. The minimum Gasteiger partial charge on any atom is -0.456 e. The average molecular weight is 762 g/mol. The van der Waals surface area contributed by atoms with Gasteiger partial charge in [0.25, 0.3) is 0 Å². The zero-order chi connectivity index (χ0) is 39.3. The molecule has 0 aliphatic carbocycles. The third-order valence-corrected chi connectivity index (χ3v) is 12.7. The number of fused-ring (bicyclic) bond motifs is 5. The Morgan fingerprint density at radius 2 is 0.733 bits per heavy atom. The van der Waals surface area contributed by atoms with E-state index >= 15 is 0 Å². The number of hydrogen-bond donors (Lipinski definition) is 0. The van der Waals surface area contributed by atoms with Crippen molar-refractivity contribution < 1.29 is 4.42 Å². The first-order valence-electron chi connectivity index (χ1n) is 20.7. The van der Waals surface area contributed by atoms with Gasteiger partial charge in [0.05, 0.1) is 11.1 Å². The molecule has 12 aromatic carbocycles. The molecule has 0 bridgehead atoms. The average Bonchev–Trinajstić information content (AvgIpc) is 3.70. The number of benzene rings is 11. The second-order valence-corrected chi connectivity index (χ2v) is 16.0. The Hall–Kier alpha value is -7.94. The molecule has 0 saturated heterocycles.